The number of likely N-dealkylation sites (tertiary alicyclic amines) is 1. The number of primary amides is 1. The predicted octanol–water partition coefficient (Wildman–Crippen LogP) is 1.34. The summed E-state index contributed by atoms with van der Waals surface area (Å²) < 4.78 is 10.7. The number of hydrogen-bond acceptors (Lipinski definition) is 5. The molecule has 2 aliphatic heterocycles. The van der Waals surface area contributed by atoms with Gasteiger partial charge in [-0.1, -0.05) is 6.07 Å². The van der Waals surface area contributed by atoms with Crippen LogP contribution in [0.15, 0.2) is 18.2 Å². The van der Waals surface area contributed by atoms with E-state index < -0.39 is 0 Å². The minimum atomic E-state index is -0.242. The van der Waals surface area contributed by atoms with Crippen molar-refractivity contribution in [1.82, 2.24) is 9.88 Å². The molecule has 0 radical (unpaired) electrons. The van der Waals surface area contributed by atoms with Crippen molar-refractivity contribution in [3.63, 3.8) is 0 Å². The van der Waals surface area contributed by atoms with Crippen LogP contribution in [0.2, 0.25) is 0 Å². The summed E-state index contributed by atoms with van der Waals surface area (Å²) in [5.41, 5.74) is 6.67. The number of piperidine rings is 1. The van der Waals surface area contributed by atoms with Crippen LogP contribution in [0.5, 0.6) is 5.88 Å². The van der Waals surface area contributed by atoms with Crippen LogP contribution in [-0.2, 0) is 16.1 Å². The number of nitrogens with two attached hydrogens (primary N) is 1. The lowest BCUT2D eigenvalue weighted by atomic mass is 9.67. The summed E-state index contributed by atoms with van der Waals surface area (Å²) >= 11 is 0. The summed E-state index contributed by atoms with van der Waals surface area (Å²) in [6.45, 7) is 2.92. The number of carbonyl (C=O) groups excluding carboxylic acids is 1. The van der Waals surface area contributed by atoms with E-state index in [1.165, 1.54) is 0 Å². The molecule has 0 bridgehead atoms. The van der Waals surface area contributed by atoms with E-state index in [1.54, 1.807) is 7.11 Å². The highest BCUT2D eigenvalue weighted by molar-refractivity contribution is 5.81. The first kappa shape index (κ1) is 16.2. The topological polar surface area (TPSA) is 77.7 Å². The van der Waals surface area contributed by atoms with E-state index in [4.69, 9.17) is 15.2 Å². The zero-order valence-electron chi connectivity index (χ0n) is 13.7. The van der Waals surface area contributed by atoms with Crippen LogP contribution in [0.1, 0.15) is 31.4 Å². The fourth-order valence-electron chi connectivity index (χ4n) is 4.11. The summed E-state index contributed by atoms with van der Waals surface area (Å²) in [5, 5.41) is 0. The van der Waals surface area contributed by atoms with Crippen molar-refractivity contribution in [1.29, 1.82) is 0 Å². The van der Waals surface area contributed by atoms with E-state index in [9.17, 15) is 4.79 Å². The van der Waals surface area contributed by atoms with Crippen LogP contribution < -0.4 is 10.5 Å². The van der Waals surface area contributed by atoms with Crippen molar-refractivity contribution in [3.8, 4) is 5.88 Å². The summed E-state index contributed by atoms with van der Waals surface area (Å²) in [7, 11) is 1.61. The van der Waals surface area contributed by atoms with Crippen molar-refractivity contribution in [2.24, 2.45) is 11.1 Å². The van der Waals surface area contributed by atoms with Gasteiger partial charge >= 0.3 is 0 Å². The van der Waals surface area contributed by atoms with Gasteiger partial charge in [-0.05, 0) is 43.7 Å². The number of aromatic nitrogens is 1. The van der Waals surface area contributed by atoms with E-state index in [1.807, 2.05) is 18.2 Å². The maximum Gasteiger partial charge on any atom is 0.235 e. The van der Waals surface area contributed by atoms with Gasteiger partial charge in [-0.15, -0.1) is 0 Å². The number of amides is 1. The highest BCUT2D eigenvalue weighted by atomic mass is 16.5. The van der Waals surface area contributed by atoms with Crippen molar-refractivity contribution in [3.05, 3.63) is 23.9 Å². The maximum atomic E-state index is 12.2. The average molecular weight is 319 g/mol. The number of nitrogens with zero attached hydrogens (tertiary/aromatic N) is 2. The number of rotatable bonds is 4. The van der Waals surface area contributed by atoms with Crippen LogP contribution in [0, 0.1) is 5.41 Å². The summed E-state index contributed by atoms with van der Waals surface area (Å²) in [5.74, 6) is 0.366. The molecular formula is C17H25N3O3. The minimum absolute atomic E-state index is 0.0405. The summed E-state index contributed by atoms with van der Waals surface area (Å²) in [6.07, 6.45) is 3.94. The molecule has 1 atom stereocenters. The van der Waals surface area contributed by atoms with E-state index in [2.05, 4.69) is 9.88 Å². The molecule has 126 valence electrons. The lowest BCUT2D eigenvalue weighted by Crippen LogP contribution is -2.59. The van der Waals surface area contributed by atoms with Gasteiger partial charge in [0.05, 0.1) is 18.8 Å². The Kier molecular flexibility index (Phi) is 4.82. The molecule has 1 amide bonds. The Morgan fingerprint density at radius 1 is 1.43 bits per heavy atom. The number of ether oxygens (including phenoxy) is 2. The number of hydrogen-bond donors (Lipinski definition) is 1. The Hall–Kier alpha value is -1.66. The van der Waals surface area contributed by atoms with Crippen molar-refractivity contribution in [2.45, 2.75) is 38.3 Å². The van der Waals surface area contributed by atoms with Gasteiger partial charge in [-0.25, -0.2) is 4.98 Å². The number of methoxy groups -OCH3 is 1. The lowest BCUT2D eigenvalue weighted by Gasteiger charge is -2.50. The van der Waals surface area contributed by atoms with Gasteiger partial charge in [0.15, 0.2) is 0 Å². The molecule has 1 aromatic heterocycles. The van der Waals surface area contributed by atoms with Gasteiger partial charge in [0.2, 0.25) is 11.8 Å². The number of carbonyl (C=O) groups is 1. The first-order valence-electron chi connectivity index (χ1n) is 8.26. The standard InChI is InChI=1S/C17H25N3O3/c1-22-14-5-2-4-13(19-14)12-20-9-3-6-17(15(20)16(18)21)7-10-23-11-8-17/h2,4-5,15H,3,6-12H2,1H3,(H2,18,21). The van der Waals surface area contributed by atoms with Crippen molar-refractivity contribution < 1.29 is 14.3 Å². The Balaban J connectivity index is 1.83. The number of pyridine rings is 1. The molecule has 1 unspecified atom stereocenters. The third kappa shape index (κ3) is 3.33. The normalized spacial score (nSPS) is 24.5. The van der Waals surface area contributed by atoms with Crippen LogP contribution in [0.25, 0.3) is 0 Å². The summed E-state index contributed by atoms with van der Waals surface area (Å²) in [6, 6.07) is 5.47. The molecule has 6 nitrogen and oxygen atoms in total. The molecule has 23 heavy (non-hydrogen) atoms. The zero-order valence-corrected chi connectivity index (χ0v) is 13.7. The van der Waals surface area contributed by atoms with Crippen LogP contribution in [-0.4, -0.2) is 48.7 Å². The fraction of sp³-hybridized carbons (Fsp3) is 0.647. The largest absolute Gasteiger partial charge is 0.481 e. The van der Waals surface area contributed by atoms with Crippen molar-refractivity contribution >= 4 is 5.91 Å². The first-order valence-corrected chi connectivity index (χ1v) is 8.26. The minimum Gasteiger partial charge on any atom is -0.481 e. The highest BCUT2D eigenvalue weighted by Gasteiger charge is 2.48. The van der Waals surface area contributed by atoms with Crippen LogP contribution in [0.3, 0.4) is 0 Å². The van der Waals surface area contributed by atoms with E-state index in [0.717, 1.165) is 51.1 Å². The molecule has 0 aromatic carbocycles. The Labute approximate surface area is 137 Å². The smallest absolute Gasteiger partial charge is 0.235 e. The summed E-state index contributed by atoms with van der Waals surface area (Å²) in [4.78, 5) is 18.9. The lowest BCUT2D eigenvalue weighted by molar-refractivity contribution is -0.138. The predicted molar refractivity (Wildman–Crippen MR) is 85.9 cm³/mol. The molecule has 2 saturated heterocycles. The van der Waals surface area contributed by atoms with E-state index in [0.29, 0.717) is 12.4 Å². The van der Waals surface area contributed by atoms with E-state index >= 15 is 0 Å². The highest BCUT2D eigenvalue weighted by Crippen LogP contribution is 2.44. The molecule has 1 aromatic rings. The molecule has 1 spiro atoms. The Morgan fingerprint density at radius 2 is 2.22 bits per heavy atom. The van der Waals surface area contributed by atoms with Crippen molar-refractivity contribution in [2.75, 3.05) is 26.9 Å². The maximum absolute atomic E-state index is 12.2. The molecule has 2 fully saturated rings. The zero-order chi connectivity index (χ0) is 16.3. The van der Waals surface area contributed by atoms with Gasteiger partial charge < -0.3 is 15.2 Å². The molecule has 6 heteroatoms. The fourth-order valence-corrected chi connectivity index (χ4v) is 4.11. The molecule has 2 N–H and O–H groups in total. The SMILES string of the molecule is COc1cccc(CN2CCCC3(CCOCC3)C2C(N)=O)n1. The van der Waals surface area contributed by atoms with Crippen LogP contribution >= 0.6 is 0 Å². The average Bonchev–Trinajstić information content (AvgIpc) is 2.55. The first-order chi connectivity index (χ1) is 11.1. The Bertz CT molecular complexity index is 552. The monoisotopic (exact) mass is 319 g/mol. The molecule has 3 heterocycles. The quantitative estimate of drug-likeness (QED) is 0.906. The Morgan fingerprint density at radius 3 is 2.91 bits per heavy atom. The van der Waals surface area contributed by atoms with Gasteiger partial charge in [0, 0.05) is 25.8 Å². The van der Waals surface area contributed by atoms with Crippen LogP contribution in [0.4, 0.5) is 0 Å². The molecule has 0 aliphatic carbocycles. The molecule has 0 saturated carbocycles. The van der Waals surface area contributed by atoms with Gasteiger partial charge in [-0.3, -0.25) is 9.69 Å². The molecule has 3 rings (SSSR count). The molecular weight excluding hydrogens is 294 g/mol. The second-order valence-corrected chi connectivity index (χ2v) is 6.52. The van der Waals surface area contributed by atoms with E-state index in [-0.39, 0.29) is 17.4 Å². The molecule has 2 aliphatic rings. The van der Waals surface area contributed by atoms with Gasteiger partial charge in [0.1, 0.15) is 0 Å². The van der Waals surface area contributed by atoms with Gasteiger partial charge in [0.25, 0.3) is 0 Å². The second-order valence-electron chi connectivity index (χ2n) is 6.52. The van der Waals surface area contributed by atoms with Gasteiger partial charge in [-0.2, -0.15) is 0 Å². The third-order valence-corrected chi connectivity index (χ3v) is 5.18. The third-order valence-electron chi connectivity index (χ3n) is 5.18. The second kappa shape index (κ2) is 6.84.